The average Bonchev–Trinajstić information content (AvgIpc) is 2.61. The number of amides is 1. The van der Waals surface area contributed by atoms with E-state index in [2.05, 4.69) is 15.3 Å². The van der Waals surface area contributed by atoms with Gasteiger partial charge in [0.25, 0.3) is 5.91 Å². The third-order valence-corrected chi connectivity index (χ3v) is 4.29. The predicted molar refractivity (Wildman–Crippen MR) is 86.1 cm³/mol. The highest BCUT2D eigenvalue weighted by Crippen LogP contribution is 2.29. The molecular formula is C17H15F5N4O. The van der Waals surface area contributed by atoms with Gasteiger partial charge in [-0.2, -0.15) is 13.2 Å². The lowest BCUT2D eigenvalue weighted by Gasteiger charge is -2.33. The van der Waals surface area contributed by atoms with Crippen molar-refractivity contribution in [2.45, 2.75) is 25.1 Å². The molecule has 144 valence electrons. The Morgan fingerprint density at radius 1 is 1.11 bits per heavy atom. The van der Waals surface area contributed by atoms with Crippen LogP contribution in [0.4, 0.5) is 27.8 Å². The van der Waals surface area contributed by atoms with Crippen molar-refractivity contribution in [3.05, 3.63) is 53.5 Å². The van der Waals surface area contributed by atoms with Gasteiger partial charge in [0.1, 0.15) is 35.0 Å². The van der Waals surface area contributed by atoms with Crippen LogP contribution in [0, 0.1) is 11.6 Å². The number of nitrogens with one attached hydrogen (secondary N) is 1. The molecule has 0 radical (unpaired) electrons. The normalized spacial score (nSPS) is 15.7. The first kappa shape index (κ1) is 19.0. The van der Waals surface area contributed by atoms with E-state index in [4.69, 9.17) is 0 Å². The van der Waals surface area contributed by atoms with Crippen LogP contribution in [0.1, 0.15) is 28.9 Å². The summed E-state index contributed by atoms with van der Waals surface area (Å²) in [6.07, 6.45) is -2.92. The third kappa shape index (κ3) is 4.32. The highest BCUT2D eigenvalue weighted by atomic mass is 19.4. The van der Waals surface area contributed by atoms with Gasteiger partial charge in [0.15, 0.2) is 0 Å². The fourth-order valence-electron chi connectivity index (χ4n) is 2.90. The number of benzene rings is 1. The van der Waals surface area contributed by atoms with Crippen molar-refractivity contribution < 1.29 is 26.7 Å². The molecule has 0 saturated carbocycles. The molecule has 0 unspecified atom stereocenters. The summed E-state index contributed by atoms with van der Waals surface area (Å²) in [4.78, 5) is 20.8. The number of anilines is 1. The SMILES string of the molecule is O=C(NC1CCN(c2cc(C(F)(F)F)ncn2)CC1)c1c(F)cccc1F. The van der Waals surface area contributed by atoms with Crippen LogP contribution >= 0.6 is 0 Å². The van der Waals surface area contributed by atoms with E-state index in [1.54, 1.807) is 4.90 Å². The minimum Gasteiger partial charge on any atom is -0.356 e. The number of piperidine rings is 1. The average molecular weight is 386 g/mol. The Morgan fingerprint density at radius 2 is 1.74 bits per heavy atom. The van der Waals surface area contributed by atoms with Crippen molar-refractivity contribution in [1.82, 2.24) is 15.3 Å². The van der Waals surface area contributed by atoms with Gasteiger partial charge in [0.2, 0.25) is 0 Å². The molecule has 1 amide bonds. The van der Waals surface area contributed by atoms with Crippen LogP contribution in [0.3, 0.4) is 0 Å². The van der Waals surface area contributed by atoms with Crippen molar-refractivity contribution >= 4 is 11.7 Å². The van der Waals surface area contributed by atoms with Crippen LogP contribution in [0.5, 0.6) is 0 Å². The summed E-state index contributed by atoms with van der Waals surface area (Å²) in [5.41, 5.74) is -1.68. The number of carbonyl (C=O) groups excluding carboxylic acids is 1. The van der Waals surface area contributed by atoms with Crippen molar-refractivity contribution in [3.8, 4) is 0 Å². The maximum absolute atomic E-state index is 13.7. The number of hydrogen-bond acceptors (Lipinski definition) is 4. The number of alkyl halides is 3. The summed E-state index contributed by atoms with van der Waals surface area (Å²) < 4.78 is 65.6. The minimum absolute atomic E-state index is 0.141. The summed E-state index contributed by atoms with van der Waals surface area (Å²) in [5, 5.41) is 2.57. The van der Waals surface area contributed by atoms with Gasteiger partial charge >= 0.3 is 6.18 Å². The molecule has 0 bridgehead atoms. The van der Waals surface area contributed by atoms with Crippen LogP contribution in [-0.4, -0.2) is 35.0 Å². The van der Waals surface area contributed by atoms with Gasteiger partial charge < -0.3 is 10.2 Å². The van der Waals surface area contributed by atoms with Crippen LogP contribution in [0.25, 0.3) is 0 Å². The third-order valence-electron chi connectivity index (χ3n) is 4.29. The molecule has 2 heterocycles. The van der Waals surface area contributed by atoms with E-state index in [1.165, 1.54) is 0 Å². The van der Waals surface area contributed by atoms with E-state index >= 15 is 0 Å². The fourth-order valence-corrected chi connectivity index (χ4v) is 2.90. The highest BCUT2D eigenvalue weighted by molar-refractivity contribution is 5.94. The van der Waals surface area contributed by atoms with Crippen molar-refractivity contribution in [1.29, 1.82) is 0 Å². The lowest BCUT2D eigenvalue weighted by atomic mass is 10.0. The largest absolute Gasteiger partial charge is 0.433 e. The molecule has 2 aromatic rings. The first-order chi connectivity index (χ1) is 12.8. The lowest BCUT2D eigenvalue weighted by molar-refractivity contribution is -0.141. The number of rotatable bonds is 3. The second kappa shape index (κ2) is 7.45. The smallest absolute Gasteiger partial charge is 0.356 e. The van der Waals surface area contributed by atoms with Gasteiger partial charge in [-0.1, -0.05) is 6.07 Å². The molecule has 10 heteroatoms. The molecule has 1 saturated heterocycles. The molecule has 1 aromatic carbocycles. The van der Waals surface area contributed by atoms with Crippen LogP contribution in [0.15, 0.2) is 30.6 Å². The van der Waals surface area contributed by atoms with E-state index in [9.17, 15) is 26.7 Å². The second-order valence-corrected chi connectivity index (χ2v) is 6.09. The predicted octanol–water partition coefficient (Wildman–Crippen LogP) is 3.17. The molecule has 5 nitrogen and oxygen atoms in total. The van der Waals surface area contributed by atoms with E-state index in [1.807, 2.05) is 0 Å². The van der Waals surface area contributed by atoms with Gasteiger partial charge in [0.05, 0.1) is 0 Å². The highest BCUT2D eigenvalue weighted by Gasteiger charge is 2.33. The number of halogens is 5. The number of hydrogen-bond donors (Lipinski definition) is 1. The van der Waals surface area contributed by atoms with Crippen LogP contribution < -0.4 is 10.2 Å². The molecule has 1 aliphatic rings. The molecular weight excluding hydrogens is 371 g/mol. The molecule has 0 aliphatic carbocycles. The lowest BCUT2D eigenvalue weighted by Crippen LogP contribution is -2.45. The van der Waals surface area contributed by atoms with Gasteiger partial charge in [-0.25, -0.2) is 18.7 Å². The quantitative estimate of drug-likeness (QED) is 0.824. The zero-order valence-electron chi connectivity index (χ0n) is 13.9. The summed E-state index contributed by atoms with van der Waals surface area (Å²) in [7, 11) is 0. The first-order valence-electron chi connectivity index (χ1n) is 8.15. The molecule has 0 spiro atoms. The van der Waals surface area contributed by atoms with Crippen LogP contribution in [0.2, 0.25) is 0 Å². The molecule has 1 aliphatic heterocycles. The Bertz CT molecular complexity index is 814. The van der Waals surface area contributed by atoms with E-state index in [0.717, 1.165) is 30.6 Å². The summed E-state index contributed by atoms with van der Waals surface area (Å²) in [5.74, 6) is -2.62. The van der Waals surface area contributed by atoms with E-state index in [-0.39, 0.29) is 11.9 Å². The Balaban J connectivity index is 1.62. The summed E-state index contributed by atoms with van der Waals surface area (Å²) >= 11 is 0. The second-order valence-electron chi connectivity index (χ2n) is 6.09. The Morgan fingerprint density at radius 3 is 2.33 bits per heavy atom. The monoisotopic (exact) mass is 386 g/mol. The van der Waals surface area contributed by atoms with E-state index < -0.39 is 35.0 Å². The van der Waals surface area contributed by atoms with Crippen molar-refractivity contribution in [2.75, 3.05) is 18.0 Å². The van der Waals surface area contributed by atoms with Crippen LogP contribution in [-0.2, 0) is 6.18 Å². The first-order valence-corrected chi connectivity index (χ1v) is 8.15. The van der Waals surface area contributed by atoms with Crippen molar-refractivity contribution in [3.63, 3.8) is 0 Å². The topological polar surface area (TPSA) is 58.1 Å². The Kier molecular flexibility index (Phi) is 5.24. The molecule has 1 N–H and O–H groups in total. The standard InChI is InChI=1S/C17H15F5N4O/c18-11-2-1-3-12(19)15(11)16(27)25-10-4-6-26(7-5-10)14-8-13(17(20,21)22)23-9-24-14/h1-3,8-10H,4-7H2,(H,25,27). The van der Waals surface area contributed by atoms with Gasteiger partial charge in [-0.05, 0) is 25.0 Å². The maximum Gasteiger partial charge on any atom is 0.433 e. The number of carbonyl (C=O) groups is 1. The minimum atomic E-state index is -4.56. The Labute approximate surface area is 151 Å². The Hall–Kier alpha value is -2.78. The molecule has 1 fully saturated rings. The van der Waals surface area contributed by atoms with Gasteiger partial charge in [-0.3, -0.25) is 4.79 Å². The molecule has 0 atom stereocenters. The fraction of sp³-hybridized carbons (Fsp3) is 0.353. The zero-order chi connectivity index (χ0) is 19.6. The number of nitrogens with zero attached hydrogens (tertiary/aromatic N) is 3. The molecule has 27 heavy (non-hydrogen) atoms. The van der Waals surface area contributed by atoms with Crippen molar-refractivity contribution in [2.24, 2.45) is 0 Å². The number of aromatic nitrogens is 2. The molecule has 3 rings (SSSR count). The zero-order valence-corrected chi connectivity index (χ0v) is 13.9. The van der Waals surface area contributed by atoms with Gasteiger partial charge in [0, 0.05) is 25.2 Å². The maximum atomic E-state index is 13.7. The summed E-state index contributed by atoms with van der Waals surface area (Å²) in [6.45, 7) is 0.665. The van der Waals surface area contributed by atoms with Gasteiger partial charge in [-0.15, -0.1) is 0 Å². The molecule has 1 aromatic heterocycles. The van der Waals surface area contributed by atoms with E-state index in [0.29, 0.717) is 25.9 Å². The summed E-state index contributed by atoms with van der Waals surface area (Å²) in [6, 6.07) is 3.67.